The standard InChI is InChI=1S/C17H12Cl2N2O/c1-11-16(9-12-5-7-13(18)8-6-12)17(22)21(20-11)15-4-2-3-14(19)10-15/h2-10H,1H3/b16-9+. The molecule has 1 aliphatic rings. The molecule has 110 valence electrons. The third-order valence-corrected chi connectivity index (χ3v) is 3.78. The molecule has 3 rings (SSSR count). The highest BCUT2D eigenvalue weighted by Crippen LogP contribution is 2.27. The zero-order chi connectivity index (χ0) is 15.7. The third-order valence-electron chi connectivity index (χ3n) is 3.30. The van der Waals surface area contributed by atoms with Gasteiger partial charge in [0, 0.05) is 10.0 Å². The number of hydrogen-bond donors (Lipinski definition) is 0. The maximum Gasteiger partial charge on any atom is 0.280 e. The normalized spacial score (nSPS) is 16.3. The molecule has 0 aromatic heterocycles. The molecular formula is C17H12Cl2N2O. The van der Waals surface area contributed by atoms with Crippen molar-refractivity contribution in [1.29, 1.82) is 0 Å². The highest BCUT2D eigenvalue weighted by Gasteiger charge is 2.28. The van der Waals surface area contributed by atoms with Crippen LogP contribution in [-0.2, 0) is 4.79 Å². The summed E-state index contributed by atoms with van der Waals surface area (Å²) in [6, 6.07) is 14.3. The van der Waals surface area contributed by atoms with Crippen LogP contribution in [0.25, 0.3) is 6.08 Å². The Bertz CT molecular complexity index is 795. The second-order valence-corrected chi connectivity index (χ2v) is 5.76. The van der Waals surface area contributed by atoms with Crippen molar-refractivity contribution in [2.75, 3.05) is 5.01 Å². The van der Waals surface area contributed by atoms with E-state index >= 15 is 0 Å². The monoisotopic (exact) mass is 330 g/mol. The van der Waals surface area contributed by atoms with Gasteiger partial charge in [0.25, 0.3) is 5.91 Å². The van der Waals surface area contributed by atoms with Gasteiger partial charge >= 0.3 is 0 Å². The van der Waals surface area contributed by atoms with Crippen LogP contribution in [0.5, 0.6) is 0 Å². The van der Waals surface area contributed by atoms with E-state index in [1.165, 1.54) is 5.01 Å². The molecule has 22 heavy (non-hydrogen) atoms. The van der Waals surface area contributed by atoms with E-state index in [1.54, 1.807) is 36.4 Å². The SMILES string of the molecule is CC1=NN(c2cccc(Cl)c2)C(=O)/C1=C/c1ccc(Cl)cc1. The predicted octanol–water partition coefficient (Wildman–Crippen LogP) is 4.80. The Hall–Kier alpha value is -2.10. The molecule has 0 spiro atoms. The number of amides is 1. The van der Waals surface area contributed by atoms with Crippen LogP contribution in [-0.4, -0.2) is 11.6 Å². The summed E-state index contributed by atoms with van der Waals surface area (Å²) in [6.07, 6.45) is 1.81. The summed E-state index contributed by atoms with van der Waals surface area (Å²) >= 11 is 11.8. The Morgan fingerprint density at radius 2 is 1.77 bits per heavy atom. The molecule has 0 atom stereocenters. The Morgan fingerprint density at radius 1 is 1.05 bits per heavy atom. The van der Waals surface area contributed by atoms with Crippen molar-refractivity contribution in [2.45, 2.75) is 6.92 Å². The van der Waals surface area contributed by atoms with Crippen LogP contribution >= 0.6 is 23.2 Å². The number of carbonyl (C=O) groups excluding carboxylic acids is 1. The van der Waals surface area contributed by atoms with Crippen LogP contribution in [0, 0.1) is 0 Å². The van der Waals surface area contributed by atoms with E-state index in [0.717, 1.165) is 5.56 Å². The summed E-state index contributed by atoms with van der Waals surface area (Å²) in [5, 5.41) is 6.91. The van der Waals surface area contributed by atoms with Gasteiger partial charge in [-0.3, -0.25) is 4.79 Å². The Kier molecular flexibility index (Phi) is 4.01. The fourth-order valence-corrected chi connectivity index (χ4v) is 2.50. The van der Waals surface area contributed by atoms with Crippen LogP contribution < -0.4 is 5.01 Å². The summed E-state index contributed by atoms with van der Waals surface area (Å²) in [6.45, 7) is 1.81. The smallest absolute Gasteiger partial charge is 0.267 e. The lowest BCUT2D eigenvalue weighted by Gasteiger charge is -2.11. The minimum Gasteiger partial charge on any atom is -0.267 e. The number of rotatable bonds is 2. The first kappa shape index (κ1) is 14.8. The second kappa shape index (κ2) is 5.95. The molecule has 0 fully saturated rings. The minimum atomic E-state index is -0.172. The van der Waals surface area contributed by atoms with Crippen LogP contribution in [0.2, 0.25) is 10.0 Å². The third kappa shape index (κ3) is 2.91. The number of carbonyl (C=O) groups is 1. The average Bonchev–Trinajstić information content (AvgIpc) is 2.77. The van der Waals surface area contributed by atoms with Crippen molar-refractivity contribution in [1.82, 2.24) is 0 Å². The van der Waals surface area contributed by atoms with Crippen LogP contribution in [0.1, 0.15) is 12.5 Å². The zero-order valence-corrected chi connectivity index (χ0v) is 13.3. The average molecular weight is 331 g/mol. The summed E-state index contributed by atoms with van der Waals surface area (Å²) in [5.41, 5.74) is 2.77. The molecule has 1 aliphatic heterocycles. The van der Waals surface area contributed by atoms with Crippen molar-refractivity contribution in [3.8, 4) is 0 Å². The topological polar surface area (TPSA) is 32.7 Å². The molecule has 0 unspecified atom stereocenters. The van der Waals surface area contributed by atoms with Crippen LogP contribution in [0.15, 0.2) is 59.2 Å². The molecule has 2 aromatic rings. The second-order valence-electron chi connectivity index (χ2n) is 4.89. The number of hydrogen-bond acceptors (Lipinski definition) is 2. The van der Waals surface area contributed by atoms with Crippen LogP contribution in [0.4, 0.5) is 5.69 Å². The maximum atomic E-state index is 12.6. The van der Waals surface area contributed by atoms with Gasteiger partial charge in [-0.05, 0) is 48.9 Å². The fourth-order valence-electron chi connectivity index (χ4n) is 2.19. The van der Waals surface area contributed by atoms with E-state index in [2.05, 4.69) is 5.10 Å². The lowest BCUT2D eigenvalue weighted by Crippen LogP contribution is -2.21. The molecule has 0 bridgehead atoms. The molecule has 0 N–H and O–H groups in total. The molecule has 1 amide bonds. The fraction of sp³-hybridized carbons (Fsp3) is 0.0588. The van der Waals surface area contributed by atoms with Crippen molar-refractivity contribution in [3.05, 3.63) is 69.7 Å². The van der Waals surface area contributed by atoms with Gasteiger partial charge in [-0.25, -0.2) is 0 Å². The first-order valence-electron chi connectivity index (χ1n) is 6.67. The van der Waals surface area contributed by atoms with E-state index in [0.29, 0.717) is 27.0 Å². The first-order chi connectivity index (χ1) is 10.5. The van der Waals surface area contributed by atoms with E-state index in [1.807, 2.05) is 25.1 Å². The van der Waals surface area contributed by atoms with Gasteiger partial charge in [0.15, 0.2) is 0 Å². The van der Waals surface area contributed by atoms with Crippen molar-refractivity contribution in [2.24, 2.45) is 5.10 Å². The minimum absolute atomic E-state index is 0.172. The Balaban J connectivity index is 1.94. The highest BCUT2D eigenvalue weighted by atomic mass is 35.5. The van der Waals surface area contributed by atoms with E-state index in [4.69, 9.17) is 23.2 Å². The first-order valence-corrected chi connectivity index (χ1v) is 7.43. The molecule has 5 heteroatoms. The van der Waals surface area contributed by atoms with Gasteiger partial charge in [0.05, 0.1) is 17.0 Å². The van der Waals surface area contributed by atoms with Gasteiger partial charge in [-0.15, -0.1) is 0 Å². The Labute approximate surface area is 138 Å². The molecule has 1 heterocycles. The quantitative estimate of drug-likeness (QED) is 0.728. The molecule has 3 nitrogen and oxygen atoms in total. The number of hydrazone groups is 1. The van der Waals surface area contributed by atoms with Gasteiger partial charge in [-0.2, -0.15) is 10.1 Å². The van der Waals surface area contributed by atoms with E-state index in [-0.39, 0.29) is 5.91 Å². The molecule has 0 aliphatic carbocycles. The van der Waals surface area contributed by atoms with E-state index in [9.17, 15) is 4.79 Å². The van der Waals surface area contributed by atoms with Gasteiger partial charge in [-0.1, -0.05) is 41.4 Å². The molecule has 0 saturated heterocycles. The zero-order valence-electron chi connectivity index (χ0n) is 11.8. The van der Waals surface area contributed by atoms with Crippen molar-refractivity contribution < 1.29 is 4.79 Å². The van der Waals surface area contributed by atoms with Gasteiger partial charge in [0.2, 0.25) is 0 Å². The van der Waals surface area contributed by atoms with Gasteiger partial charge < -0.3 is 0 Å². The molecule has 2 aromatic carbocycles. The molecule has 0 radical (unpaired) electrons. The summed E-state index contributed by atoms with van der Waals surface area (Å²) in [5.74, 6) is -0.172. The summed E-state index contributed by atoms with van der Waals surface area (Å²) in [4.78, 5) is 12.6. The number of halogens is 2. The Morgan fingerprint density at radius 3 is 2.45 bits per heavy atom. The molecular weight excluding hydrogens is 319 g/mol. The highest BCUT2D eigenvalue weighted by molar-refractivity contribution is 6.33. The predicted molar refractivity (Wildman–Crippen MR) is 91.5 cm³/mol. The summed E-state index contributed by atoms with van der Waals surface area (Å²) < 4.78 is 0. The lowest BCUT2D eigenvalue weighted by molar-refractivity contribution is -0.114. The van der Waals surface area contributed by atoms with Crippen molar-refractivity contribution >= 4 is 46.6 Å². The lowest BCUT2D eigenvalue weighted by atomic mass is 10.1. The number of benzene rings is 2. The number of anilines is 1. The number of nitrogens with zero attached hydrogens (tertiary/aromatic N) is 2. The van der Waals surface area contributed by atoms with Crippen LogP contribution in [0.3, 0.4) is 0 Å². The van der Waals surface area contributed by atoms with E-state index < -0.39 is 0 Å². The summed E-state index contributed by atoms with van der Waals surface area (Å²) in [7, 11) is 0. The van der Waals surface area contributed by atoms with Crippen molar-refractivity contribution in [3.63, 3.8) is 0 Å². The largest absolute Gasteiger partial charge is 0.280 e. The maximum absolute atomic E-state index is 12.6. The molecule has 0 saturated carbocycles. The van der Waals surface area contributed by atoms with Gasteiger partial charge in [0.1, 0.15) is 0 Å².